The number of benzene rings is 1. The van der Waals surface area contributed by atoms with Crippen LogP contribution in [0.25, 0.3) is 0 Å². The van der Waals surface area contributed by atoms with Crippen LogP contribution in [0.5, 0.6) is 0 Å². The fourth-order valence-corrected chi connectivity index (χ4v) is 1.92. The molecule has 0 radical (unpaired) electrons. The molecule has 0 spiro atoms. The number of anilines is 1. The highest BCUT2D eigenvalue weighted by molar-refractivity contribution is 6.62. The Labute approximate surface area is 124 Å². The predicted molar refractivity (Wildman–Crippen MR) is 79.9 cm³/mol. The van der Waals surface area contributed by atoms with Crippen molar-refractivity contribution in [2.45, 2.75) is 38.9 Å². The lowest BCUT2D eigenvalue weighted by Crippen LogP contribution is -2.41. The van der Waals surface area contributed by atoms with Crippen molar-refractivity contribution in [1.82, 2.24) is 5.32 Å². The number of urea groups is 1. The quantitative estimate of drug-likeness (QED) is 0.491. The van der Waals surface area contributed by atoms with Gasteiger partial charge in [-0.2, -0.15) is 5.26 Å². The van der Waals surface area contributed by atoms with Gasteiger partial charge >= 0.3 is 13.1 Å². The van der Waals surface area contributed by atoms with Crippen molar-refractivity contribution in [3.63, 3.8) is 0 Å². The molecular formula is C14H18BN3O3. The maximum absolute atomic E-state index is 11.2. The number of nitriles is 1. The van der Waals surface area contributed by atoms with Crippen molar-refractivity contribution in [2.75, 3.05) is 5.32 Å². The number of amides is 2. The van der Waals surface area contributed by atoms with Gasteiger partial charge in [-0.05, 0) is 45.3 Å². The first kappa shape index (κ1) is 15.4. The van der Waals surface area contributed by atoms with Gasteiger partial charge in [-0.15, -0.1) is 0 Å². The van der Waals surface area contributed by atoms with Gasteiger partial charge in [0.05, 0.1) is 11.2 Å². The Morgan fingerprint density at radius 1 is 1.14 bits per heavy atom. The van der Waals surface area contributed by atoms with Gasteiger partial charge < -0.3 is 14.6 Å². The van der Waals surface area contributed by atoms with Crippen molar-refractivity contribution in [2.24, 2.45) is 0 Å². The summed E-state index contributed by atoms with van der Waals surface area (Å²) in [4.78, 5) is 11.2. The van der Waals surface area contributed by atoms with Gasteiger partial charge in [0.25, 0.3) is 0 Å². The first-order valence-corrected chi connectivity index (χ1v) is 6.67. The van der Waals surface area contributed by atoms with Gasteiger partial charge in [-0.1, -0.05) is 12.1 Å². The molecule has 2 amide bonds. The van der Waals surface area contributed by atoms with E-state index < -0.39 is 13.1 Å². The Balaban J connectivity index is 2.07. The Bertz CT molecular complexity index is 562. The largest absolute Gasteiger partial charge is 0.494 e. The minimum Gasteiger partial charge on any atom is -0.399 e. The number of hydrogen-bond donors (Lipinski definition) is 2. The highest BCUT2D eigenvalue weighted by Gasteiger charge is 2.51. The smallest absolute Gasteiger partial charge is 0.399 e. The molecule has 2 rings (SSSR count). The van der Waals surface area contributed by atoms with Crippen LogP contribution in [0.2, 0.25) is 0 Å². The summed E-state index contributed by atoms with van der Waals surface area (Å²) >= 11 is 0. The molecule has 1 aromatic rings. The molecule has 0 unspecified atom stereocenters. The molecule has 0 saturated carbocycles. The minimum absolute atomic E-state index is 0.388. The van der Waals surface area contributed by atoms with Crippen LogP contribution in [-0.2, 0) is 9.31 Å². The number of nitrogens with one attached hydrogen (secondary N) is 2. The van der Waals surface area contributed by atoms with Crippen LogP contribution in [-0.4, -0.2) is 24.4 Å². The topological polar surface area (TPSA) is 83.4 Å². The zero-order chi connectivity index (χ0) is 15.7. The molecule has 0 bridgehead atoms. The molecule has 7 heteroatoms. The fraction of sp³-hybridized carbons (Fsp3) is 0.429. The van der Waals surface area contributed by atoms with Crippen LogP contribution in [0.4, 0.5) is 10.5 Å². The summed E-state index contributed by atoms with van der Waals surface area (Å²) in [5.41, 5.74) is 0.686. The average Bonchev–Trinajstić information content (AvgIpc) is 2.59. The van der Waals surface area contributed by atoms with E-state index in [0.29, 0.717) is 5.69 Å². The third-order valence-corrected chi connectivity index (χ3v) is 3.86. The van der Waals surface area contributed by atoms with Crippen LogP contribution in [0.1, 0.15) is 27.7 Å². The van der Waals surface area contributed by atoms with Gasteiger partial charge in [0.15, 0.2) is 6.19 Å². The first-order chi connectivity index (χ1) is 9.75. The number of hydrogen-bond acceptors (Lipinski definition) is 4. The molecule has 0 atom stereocenters. The maximum Gasteiger partial charge on any atom is 0.494 e. The second-order valence-electron chi connectivity index (χ2n) is 5.90. The highest BCUT2D eigenvalue weighted by Crippen LogP contribution is 2.36. The lowest BCUT2D eigenvalue weighted by atomic mass is 9.79. The van der Waals surface area contributed by atoms with E-state index in [-0.39, 0.29) is 11.2 Å². The number of carbonyl (C=O) groups is 1. The van der Waals surface area contributed by atoms with Crippen LogP contribution in [0.3, 0.4) is 0 Å². The minimum atomic E-state index is -0.569. The van der Waals surface area contributed by atoms with E-state index in [1.165, 1.54) is 0 Å². The zero-order valence-corrected chi connectivity index (χ0v) is 12.6. The van der Waals surface area contributed by atoms with Gasteiger partial charge in [-0.25, -0.2) is 10.1 Å². The van der Waals surface area contributed by atoms with Crippen molar-refractivity contribution in [1.29, 1.82) is 5.26 Å². The second kappa shape index (κ2) is 5.39. The molecule has 0 aromatic heterocycles. The van der Waals surface area contributed by atoms with Crippen molar-refractivity contribution in [3.8, 4) is 6.19 Å². The van der Waals surface area contributed by atoms with Crippen LogP contribution >= 0.6 is 0 Å². The Morgan fingerprint density at radius 2 is 1.67 bits per heavy atom. The molecule has 110 valence electrons. The lowest BCUT2D eigenvalue weighted by molar-refractivity contribution is 0.00578. The third kappa shape index (κ3) is 3.18. The molecule has 1 aliphatic heterocycles. The molecule has 1 fully saturated rings. The van der Waals surface area contributed by atoms with E-state index in [1.54, 1.807) is 18.3 Å². The summed E-state index contributed by atoms with van der Waals surface area (Å²) in [7, 11) is -0.433. The molecule has 6 nitrogen and oxygen atoms in total. The van der Waals surface area contributed by atoms with E-state index in [0.717, 1.165) is 5.46 Å². The second-order valence-corrected chi connectivity index (χ2v) is 5.90. The summed E-state index contributed by atoms with van der Waals surface area (Å²) in [5.74, 6) is 0. The predicted octanol–water partition coefficient (Wildman–Crippen LogP) is 1.59. The van der Waals surface area contributed by atoms with Gasteiger partial charge in [0, 0.05) is 5.69 Å². The summed E-state index contributed by atoms with van der Waals surface area (Å²) in [6.45, 7) is 7.98. The van der Waals surface area contributed by atoms with Gasteiger partial charge in [0.2, 0.25) is 0 Å². The highest BCUT2D eigenvalue weighted by atomic mass is 16.7. The summed E-state index contributed by atoms with van der Waals surface area (Å²) in [6, 6.07) is 6.55. The standard InChI is InChI=1S/C14H18BN3O3/c1-13(2)14(3,4)21-15(20-13)10-5-7-11(8-6-10)18-12(19)17-9-16/h5-8H,1-4H3,(H2,17,18,19). The summed E-state index contributed by atoms with van der Waals surface area (Å²) < 4.78 is 11.9. The van der Waals surface area contributed by atoms with E-state index >= 15 is 0 Å². The number of rotatable bonds is 2. The van der Waals surface area contributed by atoms with Gasteiger partial charge in [-0.3, -0.25) is 0 Å². The molecule has 1 aliphatic rings. The molecule has 0 aliphatic carbocycles. The zero-order valence-electron chi connectivity index (χ0n) is 12.6. The lowest BCUT2D eigenvalue weighted by Gasteiger charge is -2.32. The van der Waals surface area contributed by atoms with E-state index in [1.807, 2.05) is 45.1 Å². The third-order valence-electron chi connectivity index (χ3n) is 3.86. The number of nitrogens with zero attached hydrogens (tertiary/aromatic N) is 1. The number of carbonyl (C=O) groups excluding carboxylic acids is 1. The molecular weight excluding hydrogens is 269 g/mol. The summed E-state index contributed by atoms with van der Waals surface area (Å²) in [5, 5.41) is 12.9. The van der Waals surface area contributed by atoms with Crippen molar-refractivity contribution in [3.05, 3.63) is 24.3 Å². The SMILES string of the molecule is CC1(C)OB(c2ccc(NC(=O)NC#N)cc2)OC1(C)C. The fourth-order valence-electron chi connectivity index (χ4n) is 1.92. The van der Waals surface area contributed by atoms with E-state index in [4.69, 9.17) is 14.6 Å². The van der Waals surface area contributed by atoms with Crippen molar-refractivity contribution < 1.29 is 14.1 Å². The maximum atomic E-state index is 11.2. The first-order valence-electron chi connectivity index (χ1n) is 6.67. The average molecular weight is 287 g/mol. The molecule has 2 N–H and O–H groups in total. The molecule has 1 saturated heterocycles. The Morgan fingerprint density at radius 3 is 2.14 bits per heavy atom. The molecule has 1 heterocycles. The normalized spacial score (nSPS) is 18.9. The van der Waals surface area contributed by atoms with E-state index in [2.05, 4.69) is 5.32 Å². The van der Waals surface area contributed by atoms with Gasteiger partial charge in [0.1, 0.15) is 0 Å². The van der Waals surface area contributed by atoms with Crippen LogP contribution < -0.4 is 16.1 Å². The van der Waals surface area contributed by atoms with Crippen LogP contribution in [0.15, 0.2) is 24.3 Å². The van der Waals surface area contributed by atoms with Crippen molar-refractivity contribution >= 4 is 24.3 Å². The molecule has 21 heavy (non-hydrogen) atoms. The summed E-state index contributed by atoms with van der Waals surface area (Å²) in [6.07, 6.45) is 1.56. The Hall–Kier alpha value is -2.04. The molecule has 1 aromatic carbocycles. The van der Waals surface area contributed by atoms with E-state index in [9.17, 15) is 4.79 Å². The van der Waals surface area contributed by atoms with Crippen LogP contribution in [0, 0.1) is 11.5 Å². The monoisotopic (exact) mass is 287 g/mol. The Kier molecular flexibility index (Phi) is 3.94.